The van der Waals surface area contributed by atoms with Gasteiger partial charge >= 0.3 is 0 Å². The Kier molecular flexibility index (Phi) is 4.27. The van der Waals surface area contributed by atoms with Crippen molar-refractivity contribution in [2.75, 3.05) is 13.1 Å². The number of halogens is 1. The van der Waals surface area contributed by atoms with Crippen molar-refractivity contribution >= 4 is 11.8 Å². The Hall–Kier alpha value is -1.89. The molecule has 3 heterocycles. The molecular weight excluding hydrogens is 327 g/mol. The van der Waals surface area contributed by atoms with Crippen LogP contribution in [0, 0.1) is 5.92 Å². The Morgan fingerprint density at radius 2 is 2.24 bits per heavy atom. The molecule has 2 saturated heterocycles. The predicted molar refractivity (Wildman–Crippen MR) is 86.2 cm³/mol. The number of rotatable bonds is 4. The molecule has 7 heteroatoms. The average molecular weight is 350 g/mol. The molecule has 3 fully saturated rings. The molecule has 25 heavy (non-hydrogen) atoms. The molecule has 2 aliphatic heterocycles. The van der Waals surface area contributed by atoms with Crippen LogP contribution in [0.15, 0.2) is 22.8 Å². The van der Waals surface area contributed by atoms with Crippen molar-refractivity contribution in [1.29, 1.82) is 0 Å². The van der Waals surface area contributed by atoms with E-state index in [1.54, 1.807) is 23.3 Å². The van der Waals surface area contributed by atoms with E-state index >= 15 is 0 Å². The third kappa shape index (κ3) is 3.17. The molecule has 3 atom stereocenters. The van der Waals surface area contributed by atoms with Crippen molar-refractivity contribution in [3.8, 4) is 0 Å². The molecule has 1 aromatic heterocycles. The van der Waals surface area contributed by atoms with E-state index in [0.29, 0.717) is 44.7 Å². The number of hydrogen-bond donors (Lipinski definition) is 1. The fraction of sp³-hybridized carbons (Fsp3) is 0.667. The molecule has 6 nitrogen and oxygen atoms in total. The SMILES string of the molecule is O=C(NCc1ccco1)[C@@H]1C[C@@H]2CCN(C(=O)C3(F)CCC3)C[C@H]2O1. The quantitative estimate of drug-likeness (QED) is 0.899. The molecule has 1 saturated carbocycles. The van der Waals surface area contributed by atoms with Gasteiger partial charge in [0.15, 0.2) is 5.67 Å². The lowest BCUT2D eigenvalue weighted by atomic mass is 9.80. The summed E-state index contributed by atoms with van der Waals surface area (Å²) in [7, 11) is 0. The molecule has 1 aromatic rings. The minimum atomic E-state index is -1.66. The van der Waals surface area contributed by atoms with E-state index in [1.807, 2.05) is 0 Å². The summed E-state index contributed by atoms with van der Waals surface area (Å²) in [5, 5.41) is 2.81. The fourth-order valence-electron chi connectivity index (χ4n) is 3.97. The highest BCUT2D eigenvalue weighted by atomic mass is 19.1. The van der Waals surface area contributed by atoms with Gasteiger partial charge in [-0.25, -0.2) is 4.39 Å². The van der Waals surface area contributed by atoms with E-state index in [9.17, 15) is 14.0 Å². The largest absolute Gasteiger partial charge is 0.467 e. The Labute approximate surface area is 145 Å². The van der Waals surface area contributed by atoms with Crippen LogP contribution in [0.2, 0.25) is 0 Å². The third-order valence-electron chi connectivity index (χ3n) is 5.68. The number of nitrogens with one attached hydrogen (secondary N) is 1. The summed E-state index contributed by atoms with van der Waals surface area (Å²) in [5.74, 6) is 0.380. The van der Waals surface area contributed by atoms with E-state index in [-0.39, 0.29) is 17.9 Å². The molecule has 0 bridgehead atoms. The lowest BCUT2D eigenvalue weighted by Crippen LogP contribution is -2.55. The predicted octanol–water partition coefficient (Wildman–Crippen LogP) is 1.79. The second-order valence-corrected chi connectivity index (χ2v) is 7.31. The number of ether oxygens (including phenoxy) is 1. The summed E-state index contributed by atoms with van der Waals surface area (Å²) in [4.78, 5) is 26.2. The number of amides is 2. The van der Waals surface area contributed by atoms with Crippen LogP contribution in [-0.2, 0) is 20.9 Å². The van der Waals surface area contributed by atoms with E-state index in [2.05, 4.69) is 5.32 Å². The van der Waals surface area contributed by atoms with Crippen LogP contribution in [-0.4, -0.2) is 47.7 Å². The number of furan rings is 1. The van der Waals surface area contributed by atoms with Crippen LogP contribution in [0.4, 0.5) is 4.39 Å². The molecule has 0 radical (unpaired) electrons. The van der Waals surface area contributed by atoms with Gasteiger partial charge in [0.25, 0.3) is 5.91 Å². The van der Waals surface area contributed by atoms with Crippen LogP contribution in [0.3, 0.4) is 0 Å². The number of hydrogen-bond acceptors (Lipinski definition) is 4. The summed E-state index contributed by atoms with van der Waals surface area (Å²) in [6.45, 7) is 1.27. The van der Waals surface area contributed by atoms with Crippen molar-refractivity contribution in [1.82, 2.24) is 10.2 Å². The van der Waals surface area contributed by atoms with Crippen molar-refractivity contribution in [3.05, 3.63) is 24.2 Å². The highest BCUT2D eigenvalue weighted by molar-refractivity contribution is 5.86. The smallest absolute Gasteiger partial charge is 0.260 e. The molecular formula is C18H23FN2O4. The first-order valence-electron chi connectivity index (χ1n) is 8.99. The first kappa shape index (κ1) is 16.6. The van der Waals surface area contributed by atoms with Crippen LogP contribution < -0.4 is 5.32 Å². The molecule has 1 N–H and O–H groups in total. The zero-order valence-corrected chi connectivity index (χ0v) is 14.1. The zero-order valence-electron chi connectivity index (χ0n) is 14.1. The molecule has 0 spiro atoms. The number of carbonyl (C=O) groups is 2. The van der Waals surface area contributed by atoms with Crippen LogP contribution in [0.1, 0.15) is 37.9 Å². The molecule has 3 aliphatic rings. The van der Waals surface area contributed by atoms with E-state index < -0.39 is 17.7 Å². The van der Waals surface area contributed by atoms with Gasteiger partial charge < -0.3 is 19.4 Å². The topological polar surface area (TPSA) is 71.8 Å². The van der Waals surface area contributed by atoms with Gasteiger partial charge in [-0.1, -0.05) is 0 Å². The minimum absolute atomic E-state index is 0.162. The van der Waals surface area contributed by atoms with Crippen LogP contribution in [0.25, 0.3) is 0 Å². The number of piperidine rings is 1. The maximum Gasteiger partial charge on any atom is 0.260 e. The van der Waals surface area contributed by atoms with Crippen molar-refractivity contribution in [2.45, 2.75) is 56.5 Å². The molecule has 2 amide bonds. The normalized spacial score (nSPS) is 30.4. The molecule has 0 aromatic carbocycles. The number of carbonyl (C=O) groups excluding carboxylic acids is 2. The number of alkyl halides is 1. The lowest BCUT2D eigenvalue weighted by molar-refractivity contribution is -0.154. The summed E-state index contributed by atoms with van der Waals surface area (Å²) in [6, 6.07) is 3.57. The van der Waals surface area contributed by atoms with Crippen LogP contribution in [0.5, 0.6) is 0 Å². The minimum Gasteiger partial charge on any atom is -0.467 e. The van der Waals surface area contributed by atoms with E-state index in [0.717, 1.165) is 12.8 Å². The monoisotopic (exact) mass is 350 g/mol. The Morgan fingerprint density at radius 3 is 2.92 bits per heavy atom. The first-order chi connectivity index (χ1) is 12.0. The zero-order chi connectivity index (χ0) is 17.4. The first-order valence-corrected chi connectivity index (χ1v) is 8.99. The lowest BCUT2D eigenvalue weighted by Gasteiger charge is -2.41. The summed E-state index contributed by atoms with van der Waals surface area (Å²) < 4.78 is 25.4. The van der Waals surface area contributed by atoms with Crippen LogP contribution >= 0.6 is 0 Å². The second-order valence-electron chi connectivity index (χ2n) is 7.31. The van der Waals surface area contributed by atoms with Gasteiger partial charge in [-0.15, -0.1) is 0 Å². The summed E-state index contributed by atoms with van der Waals surface area (Å²) in [6.07, 6.45) is 3.71. The van der Waals surface area contributed by atoms with Gasteiger partial charge in [-0.05, 0) is 50.2 Å². The van der Waals surface area contributed by atoms with Gasteiger partial charge in [0, 0.05) is 13.1 Å². The van der Waals surface area contributed by atoms with Gasteiger partial charge in [-0.3, -0.25) is 9.59 Å². The Bertz CT molecular complexity index is 644. The summed E-state index contributed by atoms with van der Waals surface area (Å²) >= 11 is 0. The van der Waals surface area contributed by atoms with Gasteiger partial charge in [0.05, 0.1) is 18.9 Å². The Morgan fingerprint density at radius 1 is 1.40 bits per heavy atom. The molecule has 0 unspecified atom stereocenters. The van der Waals surface area contributed by atoms with Crippen molar-refractivity contribution in [3.63, 3.8) is 0 Å². The Balaban J connectivity index is 1.30. The number of nitrogens with zero attached hydrogens (tertiary/aromatic N) is 1. The van der Waals surface area contributed by atoms with E-state index in [4.69, 9.17) is 9.15 Å². The van der Waals surface area contributed by atoms with Gasteiger partial charge in [0.2, 0.25) is 5.91 Å². The fourth-order valence-corrected chi connectivity index (χ4v) is 3.97. The highest BCUT2D eigenvalue weighted by Crippen LogP contribution is 2.40. The maximum atomic E-state index is 14.4. The molecule has 136 valence electrons. The maximum absolute atomic E-state index is 14.4. The van der Waals surface area contributed by atoms with Gasteiger partial charge in [0.1, 0.15) is 11.9 Å². The number of likely N-dealkylation sites (tertiary alicyclic amines) is 1. The number of fused-ring (bicyclic) bond motifs is 1. The second kappa shape index (κ2) is 6.44. The highest BCUT2D eigenvalue weighted by Gasteiger charge is 2.50. The third-order valence-corrected chi connectivity index (χ3v) is 5.68. The van der Waals surface area contributed by atoms with E-state index in [1.165, 1.54) is 0 Å². The van der Waals surface area contributed by atoms with Gasteiger partial charge in [-0.2, -0.15) is 0 Å². The van der Waals surface area contributed by atoms with Crippen molar-refractivity contribution in [2.24, 2.45) is 5.92 Å². The molecule has 1 aliphatic carbocycles. The van der Waals surface area contributed by atoms with Crippen molar-refractivity contribution < 1.29 is 23.1 Å². The summed E-state index contributed by atoms with van der Waals surface area (Å²) in [5.41, 5.74) is -1.66. The molecule has 4 rings (SSSR count). The average Bonchev–Trinajstić information content (AvgIpc) is 3.25. The standard InChI is InChI=1S/C18H23FN2O4/c19-18(5-2-6-18)17(23)21-7-4-12-9-14(25-15(12)11-21)16(22)20-10-13-3-1-8-24-13/h1,3,8,12,14-15H,2,4-7,9-11H2,(H,20,22)/t12-,14-,15+/m0/s1.